The van der Waals surface area contributed by atoms with E-state index in [1.807, 2.05) is 25.1 Å². The molecule has 1 aliphatic rings. The number of aliphatic hydroxyl groups is 2. The highest BCUT2D eigenvalue weighted by Gasteiger charge is 2.27. The third-order valence-electron chi connectivity index (χ3n) is 4.84. The van der Waals surface area contributed by atoms with Gasteiger partial charge in [0.2, 0.25) is 0 Å². The molecule has 1 fully saturated rings. The lowest BCUT2D eigenvalue weighted by Gasteiger charge is -2.41. The van der Waals surface area contributed by atoms with Crippen molar-refractivity contribution in [2.24, 2.45) is 0 Å². The van der Waals surface area contributed by atoms with Gasteiger partial charge in [-0.15, -0.1) is 11.3 Å². The molecule has 1 atom stereocenters. The molecule has 6 heteroatoms. The Morgan fingerprint density at radius 1 is 1.21 bits per heavy atom. The highest BCUT2D eigenvalue weighted by Crippen LogP contribution is 2.22. The Kier molecular flexibility index (Phi) is 6.97. The summed E-state index contributed by atoms with van der Waals surface area (Å²) in [5.74, 6) is 7.85. The number of hydrogen-bond donors (Lipinski definition) is 2. The van der Waals surface area contributed by atoms with E-state index in [-0.39, 0.29) is 6.61 Å². The van der Waals surface area contributed by atoms with E-state index in [9.17, 15) is 10.2 Å². The highest BCUT2D eigenvalue weighted by atomic mass is 32.1. The average molecular weight is 403 g/mol. The van der Waals surface area contributed by atoms with Crippen molar-refractivity contribution >= 4 is 11.3 Å². The normalized spacial score (nSPS) is 18.8. The molecule has 0 radical (unpaired) electrons. The van der Waals surface area contributed by atoms with E-state index < -0.39 is 5.60 Å². The molecule has 0 bridgehead atoms. The topological polar surface area (TPSA) is 60.1 Å². The van der Waals surface area contributed by atoms with Crippen molar-refractivity contribution in [3.8, 4) is 11.8 Å². The largest absolute Gasteiger partial charge is 0.465 e. The number of aliphatic hydroxyl groups excluding tert-OH is 1. The van der Waals surface area contributed by atoms with Gasteiger partial charge < -0.3 is 14.6 Å². The van der Waals surface area contributed by atoms with Crippen molar-refractivity contribution in [3.63, 3.8) is 0 Å². The predicted molar refractivity (Wildman–Crippen MR) is 112 cm³/mol. The second-order valence-electron chi connectivity index (χ2n) is 7.96. The number of piperazine rings is 1. The Bertz CT molecular complexity index is 825. The summed E-state index contributed by atoms with van der Waals surface area (Å²) in [5.41, 5.74) is -0.968. The summed E-state index contributed by atoms with van der Waals surface area (Å²) in [6.45, 7) is 10.1. The Balaban J connectivity index is 1.59. The Labute approximate surface area is 171 Å². The number of nitrogens with zero attached hydrogens (tertiary/aromatic N) is 2. The molecule has 1 aliphatic heterocycles. The van der Waals surface area contributed by atoms with Crippen LogP contribution in [0.25, 0.3) is 0 Å². The second kappa shape index (κ2) is 9.25. The zero-order valence-corrected chi connectivity index (χ0v) is 17.8. The third kappa shape index (κ3) is 6.20. The van der Waals surface area contributed by atoms with Gasteiger partial charge in [0.15, 0.2) is 0 Å². The van der Waals surface area contributed by atoms with E-state index >= 15 is 0 Å². The van der Waals surface area contributed by atoms with Crippen molar-refractivity contribution in [1.82, 2.24) is 9.80 Å². The molecule has 2 aromatic heterocycles. The summed E-state index contributed by atoms with van der Waals surface area (Å²) in [6, 6.07) is 8.51. The molecular formula is C22H30N2O3S. The molecule has 2 aromatic rings. The molecule has 0 aliphatic carbocycles. The van der Waals surface area contributed by atoms with Crippen LogP contribution in [0.15, 0.2) is 28.7 Å². The lowest BCUT2D eigenvalue weighted by molar-refractivity contribution is 0.0459. The van der Waals surface area contributed by atoms with Crippen LogP contribution in [-0.4, -0.2) is 57.9 Å². The minimum atomic E-state index is -0.968. The van der Waals surface area contributed by atoms with Crippen molar-refractivity contribution in [1.29, 1.82) is 0 Å². The maximum Gasteiger partial charge on any atom is 0.120 e. The van der Waals surface area contributed by atoms with Gasteiger partial charge in [0.1, 0.15) is 17.1 Å². The number of rotatable bonds is 6. The molecule has 152 valence electrons. The summed E-state index contributed by atoms with van der Waals surface area (Å²) in [6.07, 6.45) is 0.767. The standard InChI is InChI=1S/C22H30N2O3S/c1-17-4-5-19(27-17)15-24-12-11-23(14-18(24)9-13-25)16-21-7-6-20(28-21)8-10-22(2,3)26/h4-7,18,25-26H,9,11-16H2,1-3H3. The molecular weight excluding hydrogens is 372 g/mol. The summed E-state index contributed by atoms with van der Waals surface area (Å²) in [5, 5.41) is 19.3. The van der Waals surface area contributed by atoms with Crippen LogP contribution in [0.4, 0.5) is 0 Å². The van der Waals surface area contributed by atoms with Crippen molar-refractivity contribution in [3.05, 3.63) is 45.5 Å². The lowest BCUT2D eigenvalue weighted by atomic mass is 10.1. The highest BCUT2D eigenvalue weighted by molar-refractivity contribution is 7.12. The Morgan fingerprint density at radius 3 is 2.71 bits per heavy atom. The van der Waals surface area contributed by atoms with Gasteiger partial charge in [-0.05, 0) is 51.5 Å². The molecule has 0 aromatic carbocycles. The average Bonchev–Trinajstić information content (AvgIpc) is 3.24. The summed E-state index contributed by atoms with van der Waals surface area (Å²) in [4.78, 5) is 7.12. The van der Waals surface area contributed by atoms with E-state index in [0.29, 0.717) is 6.04 Å². The van der Waals surface area contributed by atoms with Crippen LogP contribution in [0.1, 0.15) is 41.5 Å². The van der Waals surface area contributed by atoms with E-state index in [1.54, 1.807) is 25.2 Å². The van der Waals surface area contributed by atoms with E-state index in [1.165, 1.54) is 4.88 Å². The first-order valence-electron chi connectivity index (χ1n) is 9.79. The van der Waals surface area contributed by atoms with Gasteiger partial charge in [-0.25, -0.2) is 0 Å². The zero-order chi connectivity index (χ0) is 20.1. The predicted octanol–water partition coefficient (Wildman–Crippen LogP) is 2.84. The van der Waals surface area contributed by atoms with Gasteiger partial charge in [0, 0.05) is 43.7 Å². The number of aryl methyl sites for hydroxylation is 1. The van der Waals surface area contributed by atoms with Crippen LogP contribution in [0.3, 0.4) is 0 Å². The molecule has 1 saturated heterocycles. The molecule has 5 nitrogen and oxygen atoms in total. The lowest BCUT2D eigenvalue weighted by Crippen LogP contribution is -2.52. The Morgan fingerprint density at radius 2 is 2.04 bits per heavy atom. The second-order valence-corrected chi connectivity index (χ2v) is 9.13. The SMILES string of the molecule is Cc1ccc(CN2CCN(Cc3ccc(C#CC(C)(C)O)s3)CC2CCO)o1. The fourth-order valence-corrected chi connectivity index (χ4v) is 4.37. The summed E-state index contributed by atoms with van der Waals surface area (Å²) in [7, 11) is 0. The van der Waals surface area contributed by atoms with Crippen LogP contribution in [0.5, 0.6) is 0 Å². The molecule has 0 saturated carbocycles. The van der Waals surface area contributed by atoms with E-state index in [2.05, 4.69) is 27.7 Å². The first-order valence-corrected chi connectivity index (χ1v) is 10.6. The minimum absolute atomic E-state index is 0.196. The Hall–Kier alpha value is -1.62. The number of hydrogen-bond acceptors (Lipinski definition) is 6. The van der Waals surface area contributed by atoms with Gasteiger partial charge in [-0.2, -0.15) is 0 Å². The maximum absolute atomic E-state index is 9.75. The first-order chi connectivity index (χ1) is 13.3. The third-order valence-corrected chi connectivity index (χ3v) is 5.82. The molecule has 2 N–H and O–H groups in total. The quantitative estimate of drug-likeness (QED) is 0.728. The van der Waals surface area contributed by atoms with Crippen LogP contribution in [0.2, 0.25) is 0 Å². The zero-order valence-electron chi connectivity index (χ0n) is 16.9. The minimum Gasteiger partial charge on any atom is -0.465 e. The van der Waals surface area contributed by atoms with Gasteiger partial charge >= 0.3 is 0 Å². The van der Waals surface area contributed by atoms with Crippen molar-refractivity contribution in [2.75, 3.05) is 26.2 Å². The summed E-state index contributed by atoms with van der Waals surface area (Å²) < 4.78 is 5.74. The fourth-order valence-electron chi connectivity index (χ4n) is 3.47. The molecule has 28 heavy (non-hydrogen) atoms. The van der Waals surface area contributed by atoms with E-state index in [4.69, 9.17) is 4.42 Å². The summed E-state index contributed by atoms with van der Waals surface area (Å²) >= 11 is 1.68. The monoisotopic (exact) mass is 402 g/mol. The van der Waals surface area contributed by atoms with Crippen molar-refractivity contribution in [2.45, 2.75) is 51.9 Å². The smallest absolute Gasteiger partial charge is 0.120 e. The van der Waals surface area contributed by atoms with Gasteiger partial charge in [-0.1, -0.05) is 11.8 Å². The maximum atomic E-state index is 9.75. The molecule has 0 spiro atoms. The molecule has 3 rings (SSSR count). The molecule has 3 heterocycles. The fraction of sp³-hybridized carbons (Fsp3) is 0.545. The van der Waals surface area contributed by atoms with Crippen LogP contribution < -0.4 is 0 Å². The number of furan rings is 1. The van der Waals surface area contributed by atoms with E-state index in [0.717, 1.165) is 55.5 Å². The van der Waals surface area contributed by atoms with Crippen LogP contribution >= 0.6 is 11.3 Å². The number of thiophene rings is 1. The van der Waals surface area contributed by atoms with Crippen LogP contribution in [-0.2, 0) is 13.1 Å². The van der Waals surface area contributed by atoms with Gasteiger partial charge in [-0.3, -0.25) is 9.80 Å². The van der Waals surface area contributed by atoms with Crippen LogP contribution in [0, 0.1) is 18.8 Å². The first kappa shape index (κ1) is 21.1. The van der Waals surface area contributed by atoms with Crippen molar-refractivity contribution < 1.29 is 14.6 Å². The molecule has 0 amide bonds. The van der Waals surface area contributed by atoms with Gasteiger partial charge in [0.05, 0.1) is 11.4 Å². The molecule has 1 unspecified atom stereocenters. The van der Waals surface area contributed by atoms with Gasteiger partial charge in [0.25, 0.3) is 0 Å².